The van der Waals surface area contributed by atoms with Crippen LogP contribution in [0.4, 0.5) is 10.2 Å². The van der Waals surface area contributed by atoms with Crippen molar-refractivity contribution in [2.75, 3.05) is 7.11 Å². The molecule has 64 valence electrons. The van der Waals surface area contributed by atoms with E-state index in [4.69, 9.17) is 0 Å². The van der Waals surface area contributed by atoms with Crippen LogP contribution in [0.15, 0.2) is 12.3 Å². The van der Waals surface area contributed by atoms with Crippen molar-refractivity contribution in [1.29, 1.82) is 0 Å². The van der Waals surface area contributed by atoms with Crippen molar-refractivity contribution in [2.24, 2.45) is 0 Å². The molecule has 0 amide bonds. The van der Waals surface area contributed by atoms with Crippen molar-refractivity contribution in [3.63, 3.8) is 0 Å². The van der Waals surface area contributed by atoms with Crippen LogP contribution in [-0.2, 0) is 0 Å². The molecular formula is C6H5FN2O3. The Labute approximate surface area is 66.9 Å². The van der Waals surface area contributed by atoms with Crippen LogP contribution in [0.25, 0.3) is 0 Å². The summed E-state index contributed by atoms with van der Waals surface area (Å²) in [5.41, 5.74) is 0. The van der Waals surface area contributed by atoms with Crippen LogP contribution >= 0.6 is 0 Å². The molecular weight excluding hydrogens is 167 g/mol. The lowest BCUT2D eigenvalue weighted by Crippen LogP contribution is -1.97. The van der Waals surface area contributed by atoms with Gasteiger partial charge in [-0.05, 0) is 9.91 Å². The highest BCUT2D eigenvalue weighted by molar-refractivity contribution is 5.38. The minimum absolute atomic E-state index is 0.181. The number of halogens is 1. The molecule has 0 aromatic carbocycles. The Morgan fingerprint density at radius 1 is 1.75 bits per heavy atom. The Hall–Kier alpha value is -1.72. The van der Waals surface area contributed by atoms with Crippen molar-refractivity contribution in [3.8, 4) is 5.75 Å². The topological polar surface area (TPSA) is 65.3 Å². The van der Waals surface area contributed by atoms with Crippen LogP contribution in [0.3, 0.4) is 0 Å². The SMILES string of the molecule is COc1cc(F)cnc1[N+](=O)[O-]. The van der Waals surface area contributed by atoms with Gasteiger partial charge in [0.25, 0.3) is 0 Å². The van der Waals surface area contributed by atoms with E-state index in [1.54, 1.807) is 0 Å². The quantitative estimate of drug-likeness (QED) is 0.495. The Morgan fingerprint density at radius 2 is 2.42 bits per heavy atom. The molecule has 0 N–H and O–H groups in total. The van der Waals surface area contributed by atoms with E-state index in [-0.39, 0.29) is 5.75 Å². The highest BCUT2D eigenvalue weighted by Crippen LogP contribution is 2.23. The van der Waals surface area contributed by atoms with E-state index in [9.17, 15) is 14.5 Å². The van der Waals surface area contributed by atoms with E-state index in [0.717, 1.165) is 12.3 Å². The zero-order valence-corrected chi connectivity index (χ0v) is 6.15. The maximum atomic E-state index is 12.4. The van der Waals surface area contributed by atoms with Gasteiger partial charge in [0, 0.05) is 6.07 Å². The average Bonchev–Trinajstić information content (AvgIpc) is 2.03. The van der Waals surface area contributed by atoms with E-state index in [2.05, 4.69) is 9.72 Å². The molecule has 1 rings (SSSR count). The van der Waals surface area contributed by atoms with Crippen LogP contribution in [0.5, 0.6) is 5.75 Å². The molecule has 0 saturated heterocycles. The van der Waals surface area contributed by atoms with Crippen LogP contribution < -0.4 is 4.74 Å². The third-order valence-electron chi connectivity index (χ3n) is 1.19. The highest BCUT2D eigenvalue weighted by Gasteiger charge is 2.16. The van der Waals surface area contributed by atoms with Gasteiger partial charge in [-0.15, -0.1) is 0 Å². The van der Waals surface area contributed by atoms with Gasteiger partial charge in [-0.1, -0.05) is 0 Å². The fraction of sp³-hybridized carbons (Fsp3) is 0.167. The van der Waals surface area contributed by atoms with Crippen LogP contribution in [-0.4, -0.2) is 17.0 Å². The third kappa shape index (κ3) is 1.47. The summed E-state index contributed by atoms with van der Waals surface area (Å²) in [6.45, 7) is 0. The molecule has 1 aromatic heterocycles. The lowest BCUT2D eigenvalue weighted by atomic mass is 10.4. The molecule has 0 aliphatic heterocycles. The van der Waals surface area contributed by atoms with E-state index in [1.807, 2.05) is 0 Å². The molecule has 6 heteroatoms. The summed E-state index contributed by atoms with van der Waals surface area (Å²) in [6.07, 6.45) is 0.765. The first kappa shape index (κ1) is 8.38. The van der Waals surface area contributed by atoms with Crippen LogP contribution in [0, 0.1) is 15.9 Å². The van der Waals surface area contributed by atoms with Gasteiger partial charge >= 0.3 is 5.82 Å². The molecule has 1 aromatic rings. The van der Waals surface area contributed by atoms with Gasteiger partial charge in [-0.2, -0.15) is 0 Å². The number of hydrogen-bond donors (Lipinski definition) is 0. The second-order valence-corrected chi connectivity index (χ2v) is 1.94. The Balaban J connectivity index is 3.20. The van der Waals surface area contributed by atoms with Gasteiger partial charge in [0.1, 0.15) is 0 Å². The number of nitro groups is 1. The van der Waals surface area contributed by atoms with Crippen LogP contribution in [0.2, 0.25) is 0 Å². The molecule has 5 nitrogen and oxygen atoms in total. The third-order valence-corrected chi connectivity index (χ3v) is 1.19. The summed E-state index contributed by atoms with van der Waals surface area (Å²) in [5, 5.41) is 10.2. The number of nitrogens with zero attached hydrogens (tertiary/aromatic N) is 2. The molecule has 1 heterocycles. The number of pyridine rings is 1. The number of aromatic nitrogens is 1. The largest absolute Gasteiger partial charge is 0.489 e. The summed E-state index contributed by atoms with van der Waals surface area (Å²) in [6, 6.07) is 0.908. The smallest absolute Gasteiger partial charge is 0.406 e. The summed E-state index contributed by atoms with van der Waals surface area (Å²) in [5.74, 6) is -1.34. The van der Waals surface area contributed by atoms with Gasteiger partial charge in [-0.3, -0.25) is 0 Å². The number of methoxy groups -OCH3 is 1. The molecule has 0 fully saturated rings. The Bertz CT molecular complexity index is 316. The number of rotatable bonds is 2. The minimum atomic E-state index is -0.738. The second-order valence-electron chi connectivity index (χ2n) is 1.94. The normalized spacial score (nSPS) is 9.50. The molecule has 0 aliphatic rings. The minimum Gasteiger partial charge on any atom is -0.489 e. The maximum Gasteiger partial charge on any atom is 0.406 e. The van der Waals surface area contributed by atoms with Crippen molar-refractivity contribution < 1.29 is 14.1 Å². The monoisotopic (exact) mass is 172 g/mol. The standard InChI is InChI=1S/C6H5FN2O3/c1-12-5-2-4(7)3-8-6(5)9(10)11/h2-3H,1H3. The second kappa shape index (κ2) is 3.12. The summed E-state index contributed by atoms with van der Waals surface area (Å²) in [7, 11) is 1.21. The maximum absolute atomic E-state index is 12.4. The molecule has 12 heavy (non-hydrogen) atoms. The first-order chi connectivity index (χ1) is 5.65. The first-order valence-corrected chi connectivity index (χ1v) is 2.99. The van der Waals surface area contributed by atoms with E-state index in [0.29, 0.717) is 0 Å². The van der Waals surface area contributed by atoms with Crippen molar-refractivity contribution >= 4 is 5.82 Å². The molecule has 0 saturated carbocycles. The average molecular weight is 172 g/mol. The number of ether oxygens (including phenoxy) is 1. The van der Waals surface area contributed by atoms with Gasteiger partial charge in [0.05, 0.1) is 7.11 Å². The summed E-state index contributed by atoms with van der Waals surface area (Å²) >= 11 is 0. The van der Waals surface area contributed by atoms with E-state index >= 15 is 0 Å². The highest BCUT2D eigenvalue weighted by atomic mass is 19.1. The molecule has 0 aliphatic carbocycles. The molecule has 0 atom stereocenters. The van der Waals surface area contributed by atoms with Gasteiger partial charge in [0.2, 0.25) is 5.75 Å². The Morgan fingerprint density at radius 3 is 2.92 bits per heavy atom. The summed E-state index contributed by atoms with van der Waals surface area (Å²) < 4.78 is 17.0. The van der Waals surface area contributed by atoms with Gasteiger partial charge in [-0.25, -0.2) is 4.39 Å². The Kier molecular flexibility index (Phi) is 2.18. The van der Waals surface area contributed by atoms with Gasteiger partial charge in [0.15, 0.2) is 12.0 Å². The molecule has 0 radical (unpaired) electrons. The fourth-order valence-electron chi connectivity index (χ4n) is 0.701. The van der Waals surface area contributed by atoms with Crippen LogP contribution in [0.1, 0.15) is 0 Å². The van der Waals surface area contributed by atoms with Crippen molar-refractivity contribution in [2.45, 2.75) is 0 Å². The van der Waals surface area contributed by atoms with E-state index in [1.165, 1.54) is 7.11 Å². The van der Waals surface area contributed by atoms with E-state index < -0.39 is 16.6 Å². The molecule has 0 unspecified atom stereocenters. The lowest BCUT2D eigenvalue weighted by Gasteiger charge is -1.98. The zero-order valence-electron chi connectivity index (χ0n) is 6.15. The first-order valence-electron chi connectivity index (χ1n) is 2.99. The predicted octanol–water partition coefficient (Wildman–Crippen LogP) is 1.14. The zero-order chi connectivity index (χ0) is 9.14. The number of hydrogen-bond acceptors (Lipinski definition) is 4. The molecule has 0 spiro atoms. The van der Waals surface area contributed by atoms with Crippen molar-refractivity contribution in [1.82, 2.24) is 4.98 Å². The molecule has 0 bridgehead atoms. The van der Waals surface area contributed by atoms with Crippen molar-refractivity contribution in [3.05, 3.63) is 28.2 Å². The summed E-state index contributed by atoms with van der Waals surface area (Å²) in [4.78, 5) is 12.7. The van der Waals surface area contributed by atoms with Gasteiger partial charge < -0.3 is 14.9 Å². The lowest BCUT2D eigenvalue weighted by molar-refractivity contribution is -0.390. The fourth-order valence-corrected chi connectivity index (χ4v) is 0.701. The predicted molar refractivity (Wildman–Crippen MR) is 37.4 cm³/mol.